The van der Waals surface area contributed by atoms with Crippen molar-refractivity contribution >= 4 is 34.9 Å². The van der Waals surface area contributed by atoms with Gasteiger partial charge in [0.05, 0.1) is 5.52 Å². The van der Waals surface area contributed by atoms with Crippen LogP contribution in [0.1, 0.15) is 36.8 Å². The van der Waals surface area contributed by atoms with Crippen molar-refractivity contribution in [2.75, 3.05) is 23.9 Å². The third-order valence-corrected chi connectivity index (χ3v) is 7.16. The summed E-state index contributed by atoms with van der Waals surface area (Å²) in [5.41, 5.74) is 2.54. The van der Waals surface area contributed by atoms with Gasteiger partial charge in [0.15, 0.2) is 0 Å². The molecule has 4 aromatic rings. The maximum atomic E-state index is 13.7. The molecule has 2 amide bonds. The number of benzene rings is 3. The van der Waals surface area contributed by atoms with Crippen LogP contribution >= 0.6 is 0 Å². The number of alkyl carbamates (subject to hydrolysis) is 1. The van der Waals surface area contributed by atoms with E-state index in [0.717, 1.165) is 41.3 Å². The molecular weight excluding hydrogens is 518 g/mol. The second kappa shape index (κ2) is 13.1. The second-order valence-electron chi connectivity index (χ2n) is 10.4. The minimum atomic E-state index is -0.522. The van der Waals surface area contributed by atoms with Crippen molar-refractivity contribution in [2.45, 2.75) is 51.0 Å². The zero-order valence-electron chi connectivity index (χ0n) is 23.4. The monoisotopic (exact) mass is 553 g/mol. The molecule has 1 fully saturated rings. The summed E-state index contributed by atoms with van der Waals surface area (Å²) < 4.78 is 11.2. The number of para-hydroxylation sites is 1. The Hall–Kier alpha value is -4.66. The molecule has 0 spiro atoms. The minimum Gasteiger partial charge on any atom is -0.445 e. The quantitative estimate of drug-likeness (QED) is 0.283. The Labute approximate surface area is 240 Å². The summed E-state index contributed by atoms with van der Waals surface area (Å²) in [6.45, 7) is 0.323. The molecule has 1 aliphatic rings. The zero-order chi connectivity index (χ0) is 28.6. The number of hydrogen-bond donors (Lipinski definition) is 1. The van der Waals surface area contributed by atoms with Gasteiger partial charge in [-0.1, -0.05) is 72.8 Å². The molecule has 1 heterocycles. The van der Waals surface area contributed by atoms with E-state index in [1.54, 1.807) is 4.90 Å². The molecule has 0 saturated heterocycles. The molecule has 212 valence electrons. The second-order valence-corrected chi connectivity index (χ2v) is 10.4. The average Bonchev–Trinajstić information content (AvgIpc) is 3.00. The molecule has 0 unspecified atom stereocenters. The Morgan fingerprint density at radius 2 is 1.46 bits per heavy atom. The lowest BCUT2D eigenvalue weighted by Crippen LogP contribution is -2.49. The van der Waals surface area contributed by atoms with Crippen molar-refractivity contribution < 1.29 is 19.1 Å². The summed E-state index contributed by atoms with van der Waals surface area (Å²) in [4.78, 5) is 39.4. The molecular formula is C32H35N5O4. The van der Waals surface area contributed by atoms with Crippen molar-refractivity contribution in [3.63, 3.8) is 0 Å². The van der Waals surface area contributed by atoms with E-state index in [4.69, 9.17) is 19.4 Å². The van der Waals surface area contributed by atoms with Gasteiger partial charge in [0.1, 0.15) is 19.0 Å². The van der Waals surface area contributed by atoms with E-state index in [1.165, 1.54) is 0 Å². The van der Waals surface area contributed by atoms with Gasteiger partial charge in [-0.05, 0) is 48.9 Å². The molecule has 41 heavy (non-hydrogen) atoms. The lowest BCUT2D eigenvalue weighted by molar-refractivity contribution is 0.130. The number of carbonyl (C=O) groups excluding carboxylic acids is 2. The summed E-state index contributed by atoms with van der Waals surface area (Å²) in [7, 11) is 3.83. The first-order valence-electron chi connectivity index (χ1n) is 13.9. The topological polar surface area (TPSA) is 96.9 Å². The fourth-order valence-corrected chi connectivity index (χ4v) is 5.14. The van der Waals surface area contributed by atoms with E-state index in [0.29, 0.717) is 12.2 Å². The number of nitrogens with zero attached hydrogens (tertiary/aromatic N) is 4. The maximum absolute atomic E-state index is 13.7. The van der Waals surface area contributed by atoms with E-state index in [2.05, 4.69) is 5.32 Å². The first-order chi connectivity index (χ1) is 20.0. The number of aromatic nitrogens is 2. The van der Waals surface area contributed by atoms with Gasteiger partial charge in [-0.25, -0.2) is 19.5 Å². The maximum Gasteiger partial charge on any atom is 0.417 e. The Morgan fingerprint density at radius 1 is 0.829 bits per heavy atom. The number of carbonyl (C=O) groups is 2. The van der Waals surface area contributed by atoms with Crippen molar-refractivity contribution in [2.24, 2.45) is 0 Å². The van der Waals surface area contributed by atoms with Crippen LogP contribution in [-0.4, -0.2) is 48.3 Å². The van der Waals surface area contributed by atoms with E-state index in [-0.39, 0.29) is 31.2 Å². The molecule has 0 radical (unpaired) electrons. The van der Waals surface area contributed by atoms with Crippen molar-refractivity contribution in [3.05, 3.63) is 96.1 Å². The zero-order valence-corrected chi connectivity index (χ0v) is 23.4. The summed E-state index contributed by atoms with van der Waals surface area (Å²) in [6.07, 6.45) is 1.84. The van der Waals surface area contributed by atoms with Crippen LogP contribution in [0.3, 0.4) is 0 Å². The van der Waals surface area contributed by atoms with Crippen LogP contribution in [0.2, 0.25) is 0 Å². The summed E-state index contributed by atoms with van der Waals surface area (Å²) >= 11 is 0. The highest BCUT2D eigenvalue weighted by molar-refractivity contribution is 5.93. The molecule has 1 aliphatic carbocycles. The predicted molar refractivity (Wildman–Crippen MR) is 159 cm³/mol. The van der Waals surface area contributed by atoms with Gasteiger partial charge in [0.25, 0.3) is 0 Å². The van der Waals surface area contributed by atoms with Gasteiger partial charge in [-0.2, -0.15) is 4.98 Å². The summed E-state index contributed by atoms with van der Waals surface area (Å²) in [5.74, 6) is 0.990. The number of amides is 2. The van der Waals surface area contributed by atoms with Crippen molar-refractivity contribution in [1.82, 2.24) is 15.3 Å². The average molecular weight is 554 g/mol. The number of nitrogens with one attached hydrogen (secondary N) is 1. The molecule has 1 aromatic heterocycles. The van der Waals surface area contributed by atoms with Crippen LogP contribution in [0.5, 0.6) is 0 Å². The number of hydrogen-bond acceptors (Lipinski definition) is 7. The van der Waals surface area contributed by atoms with Crippen LogP contribution in [0, 0.1) is 0 Å². The van der Waals surface area contributed by atoms with Crippen LogP contribution < -0.4 is 15.1 Å². The standard InChI is InChI=1S/C32H35N5O4/c1-36(2)29-27-18-9-10-19-28(27)34-30(35-29)37(32(39)41-22-24-14-7-4-8-15-24)26-17-11-16-25(20-26)33-31(38)40-21-23-12-5-3-6-13-23/h3-10,12-15,18-19,25-26H,11,16-17,20-22H2,1-2H3,(H,33,38)/t25-,26-/m0/s1. The van der Waals surface area contributed by atoms with Crippen LogP contribution in [0.15, 0.2) is 84.9 Å². The number of fused-ring (bicyclic) bond motifs is 1. The van der Waals surface area contributed by atoms with E-state index in [9.17, 15) is 9.59 Å². The minimum absolute atomic E-state index is 0.129. The van der Waals surface area contributed by atoms with Crippen LogP contribution in [0.4, 0.5) is 21.4 Å². The molecule has 1 N–H and O–H groups in total. The molecule has 1 saturated carbocycles. The van der Waals surface area contributed by atoms with E-state index >= 15 is 0 Å². The first-order valence-corrected chi connectivity index (χ1v) is 13.9. The summed E-state index contributed by atoms with van der Waals surface area (Å²) in [5, 5.41) is 3.88. The van der Waals surface area contributed by atoms with Gasteiger partial charge < -0.3 is 19.7 Å². The fourth-order valence-electron chi connectivity index (χ4n) is 5.14. The number of anilines is 2. The van der Waals surface area contributed by atoms with Crippen LogP contribution in [-0.2, 0) is 22.7 Å². The first kappa shape index (κ1) is 27.9. The molecule has 9 nitrogen and oxygen atoms in total. The predicted octanol–water partition coefficient (Wildman–Crippen LogP) is 6.08. The van der Waals surface area contributed by atoms with E-state index < -0.39 is 12.2 Å². The lowest BCUT2D eigenvalue weighted by atomic mass is 9.90. The number of ether oxygens (including phenoxy) is 2. The highest BCUT2D eigenvalue weighted by atomic mass is 16.6. The Bertz CT molecular complexity index is 1470. The van der Waals surface area contributed by atoms with Gasteiger partial charge >= 0.3 is 12.2 Å². The molecule has 5 rings (SSSR count). The molecule has 9 heteroatoms. The fraction of sp³-hybridized carbons (Fsp3) is 0.312. The van der Waals surface area contributed by atoms with Gasteiger partial charge in [0.2, 0.25) is 5.95 Å². The SMILES string of the molecule is CN(C)c1nc(N(C(=O)OCc2ccccc2)[C@H]2CCC[C@H](NC(=O)OCc3ccccc3)C2)nc2ccccc12. The third kappa shape index (κ3) is 7.11. The molecule has 0 bridgehead atoms. The van der Waals surface area contributed by atoms with E-state index in [1.807, 2.05) is 104 Å². The molecule has 0 aliphatic heterocycles. The van der Waals surface area contributed by atoms with Gasteiger partial charge in [-0.15, -0.1) is 0 Å². The van der Waals surface area contributed by atoms with Crippen LogP contribution in [0.25, 0.3) is 10.9 Å². The largest absolute Gasteiger partial charge is 0.445 e. The van der Waals surface area contributed by atoms with Crippen molar-refractivity contribution in [1.29, 1.82) is 0 Å². The Balaban J connectivity index is 1.37. The smallest absolute Gasteiger partial charge is 0.417 e. The van der Waals surface area contributed by atoms with Gasteiger partial charge in [-0.3, -0.25) is 0 Å². The Morgan fingerprint density at radius 3 is 2.15 bits per heavy atom. The highest BCUT2D eigenvalue weighted by Crippen LogP contribution is 2.31. The lowest BCUT2D eigenvalue weighted by Gasteiger charge is -2.36. The number of rotatable bonds is 8. The molecule has 3 aromatic carbocycles. The van der Waals surface area contributed by atoms with Gasteiger partial charge in [0, 0.05) is 31.6 Å². The highest BCUT2D eigenvalue weighted by Gasteiger charge is 2.35. The van der Waals surface area contributed by atoms with Crippen molar-refractivity contribution in [3.8, 4) is 0 Å². The molecule has 2 atom stereocenters. The summed E-state index contributed by atoms with van der Waals surface area (Å²) in [6, 6.07) is 26.4. The third-order valence-electron chi connectivity index (χ3n) is 7.16. The normalized spacial score (nSPS) is 16.5. The Kier molecular flexibility index (Phi) is 8.93.